The van der Waals surface area contributed by atoms with E-state index in [0.717, 1.165) is 6.54 Å². The van der Waals surface area contributed by atoms with Crippen molar-refractivity contribution in [1.29, 1.82) is 0 Å². The first-order valence-corrected chi connectivity index (χ1v) is 4.61. The van der Waals surface area contributed by atoms with Crippen molar-refractivity contribution in [2.45, 2.75) is 12.6 Å². The molecule has 2 rings (SSSR count). The van der Waals surface area contributed by atoms with E-state index in [1.807, 2.05) is 0 Å². The minimum atomic E-state index is -5.08. The number of H-pyrrole nitrogens is 2. The summed E-state index contributed by atoms with van der Waals surface area (Å²) in [6, 6.07) is 0. The molecule has 2 heterocycles. The Kier molecular flexibility index (Phi) is 3.79. The van der Waals surface area contributed by atoms with Crippen molar-refractivity contribution in [3.8, 4) is 0 Å². The molecule has 0 fully saturated rings. The maximum absolute atomic E-state index is 11.0. The zero-order valence-corrected chi connectivity index (χ0v) is 8.72. The second-order valence-corrected chi connectivity index (χ2v) is 3.24. The summed E-state index contributed by atoms with van der Waals surface area (Å²) >= 11 is 0. The van der Waals surface area contributed by atoms with Gasteiger partial charge in [-0.2, -0.15) is 13.2 Å². The third-order valence-electron chi connectivity index (χ3n) is 1.96. The Morgan fingerprint density at radius 2 is 1.78 bits per heavy atom. The smallest absolute Gasteiger partial charge is 0.475 e. The number of halogens is 3. The number of hydrogen-bond acceptors (Lipinski definition) is 4. The molecular weight excluding hydrogens is 259 g/mol. The third kappa shape index (κ3) is 3.37. The van der Waals surface area contributed by atoms with E-state index >= 15 is 0 Å². The van der Waals surface area contributed by atoms with E-state index in [4.69, 9.17) is 9.90 Å². The van der Waals surface area contributed by atoms with Gasteiger partial charge in [-0.1, -0.05) is 0 Å². The van der Waals surface area contributed by atoms with Crippen LogP contribution < -0.4 is 16.6 Å². The highest BCUT2D eigenvalue weighted by molar-refractivity contribution is 5.73. The van der Waals surface area contributed by atoms with Gasteiger partial charge in [0.05, 0.1) is 5.56 Å². The molecule has 0 amide bonds. The average Bonchev–Trinajstić information content (AvgIpc) is 2.64. The van der Waals surface area contributed by atoms with E-state index in [0.29, 0.717) is 17.8 Å². The van der Waals surface area contributed by atoms with Gasteiger partial charge in [-0.05, 0) is 6.42 Å². The molecule has 0 spiro atoms. The van der Waals surface area contributed by atoms with Gasteiger partial charge in [-0.15, -0.1) is 0 Å². The lowest BCUT2D eigenvalue weighted by molar-refractivity contribution is -0.192. The molecule has 18 heavy (non-hydrogen) atoms. The highest BCUT2D eigenvalue weighted by Gasteiger charge is 2.38. The van der Waals surface area contributed by atoms with Crippen LogP contribution in [0.15, 0.2) is 9.59 Å². The van der Waals surface area contributed by atoms with Crippen LogP contribution in [0, 0.1) is 0 Å². The number of alkyl halides is 3. The molecule has 10 heteroatoms. The number of aliphatic carboxylic acids is 1. The molecule has 1 aromatic rings. The number of fused-ring (bicyclic) bond motifs is 1. The van der Waals surface area contributed by atoms with Crippen molar-refractivity contribution in [3.63, 3.8) is 0 Å². The molecule has 1 aliphatic rings. The Hall–Kier alpha value is -2.26. The molecule has 0 unspecified atom stereocenters. The lowest BCUT2D eigenvalue weighted by Gasteiger charge is -1.94. The van der Waals surface area contributed by atoms with E-state index in [2.05, 4.69) is 15.3 Å². The fraction of sp³-hybridized carbons (Fsp3) is 0.375. The van der Waals surface area contributed by atoms with Gasteiger partial charge in [-0.25, -0.2) is 9.59 Å². The Labute approximate surface area is 96.7 Å². The number of nitrogens with one attached hydrogen (secondary N) is 3. The maximum Gasteiger partial charge on any atom is 0.490 e. The SMILES string of the molecule is O=C(O)C(F)(F)F.O=c1[nH]c2c(c(=O)[nH]1)CCN2. The minimum Gasteiger partial charge on any atom is -0.475 e. The summed E-state index contributed by atoms with van der Waals surface area (Å²) in [5.41, 5.74) is -0.0958. The molecule has 7 nitrogen and oxygen atoms in total. The molecule has 0 saturated heterocycles. The number of aromatic amines is 2. The van der Waals surface area contributed by atoms with Crippen LogP contribution in [-0.2, 0) is 11.2 Å². The number of carbonyl (C=O) groups is 1. The number of rotatable bonds is 0. The summed E-state index contributed by atoms with van der Waals surface area (Å²) in [7, 11) is 0. The monoisotopic (exact) mass is 267 g/mol. The van der Waals surface area contributed by atoms with Crippen molar-refractivity contribution in [2.24, 2.45) is 0 Å². The van der Waals surface area contributed by atoms with Crippen molar-refractivity contribution in [3.05, 3.63) is 26.4 Å². The molecule has 0 atom stereocenters. The highest BCUT2D eigenvalue weighted by Crippen LogP contribution is 2.13. The average molecular weight is 267 g/mol. The van der Waals surface area contributed by atoms with Crippen LogP contribution in [0.4, 0.5) is 19.0 Å². The van der Waals surface area contributed by atoms with Crippen LogP contribution in [0.2, 0.25) is 0 Å². The van der Waals surface area contributed by atoms with Gasteiger partial charge in [0.15, 0.2) is 0 Å². The van der Waals surface area contributed by atoms with Crippen LogP contribution in [0.1, 0.15) is 5.56 Å². The minimum absolute atomic E-state index is 0.284. The summed E-state index contributed by atoms with van der Waals surface area (Å²) in [6.45, 7) is 0.721. The number of aromatic nitrogens is 2. The number of carboxylic acids is 1. The van der Waals surface area contributed by atoms with Crippen LogP contribution in [0.5, 0.6) is 0 Å². The van der Waals surface area contributed by atoms with Crippen molar-refractivity contribution in [2.75, 3.05) is 11.9 Å². The first-order valence-electron chi connectivity index (χ1n) is 4.61. The van der Waals surface area contributed by atoms with Gasteiger partial charge in [0, 0.05) is 6.54 Å². The Morgan fingerprint density at radius 1 is 1.22 bits per heavy atom. The summed E-state index contributed by atoms with van der Waals surface area (Å²) in [4.78, 5) is 35.3. The Bertz CT molecular complexity index is 560. The molecule has 1 aromatic heterocycles. The predicted molar refractivity (Wildman–Crippen MR) is 53.6 cm³/mol. The van der Waals surface area contributed by atoms with Crippen LogP contribution in [0.25, 0.3) is 0 Å². The largest absolute Gasteiger partial charge is 0.490 e. The fourth-order valence-electron chi connectivity index (χ4n) is 1.21. The summed E-state index contributed by atoms with van der Waals surface area (Å²) in [5.74, 6) is -2.19. The fourth-order valence-corrected chi connectivity index (χ4v) is 1.21. The first-order chi connectivity index (χ1) is 8.21. The summed E-state index contributed by atoms with van der Waals surface area (Å²) < 4.78 is 31.7. The number of carboxylic acid groups (broad SMARTS) is 1. The zero-order valence-electron chi connectivity index (χ0n) is 8.72. The first kappa shape index (κ1) is 13.8. The van der Waals surface area contributed by atoms with E-state index in [1.54, 1.807) is 0 Å². The summed E-state index contributed by atoms with van der Waals surface area (Å²) in [6.07, 6.45) is -4.40. The van der Waals surface area contributed by atoms with E-state index in [-0.39, 0.29) is 5.56 Å². The molecule has 0 bridgehead atoms. The van der Waals surface area contributed by atoms with E-state index in [1.165, 1.54) is 0 Å². The third-order valence-corrected chi connectivity index (χ3v) is 1.96. The van der Waals surface area contributed by atoms with Crippen molar-refractivity contribution < 1.29 is 23.1 Å². The van der Waals surface area contributed by atoms with E-state index < -0.39 is 17.8 Å². The molecular formula is C8H8F3N3O4. The van der Waals surface area contributed by atoms with Gasteiger partial charge in [-0.3, -0.25) is 14.8 Å². The molecule has 0 radical (unpaired) electrons. The number of hydrogen-bond donors (Lipinski definition) is 4. The standard InChI is InChI=1S/C6H7N3O2.C2HF3O2/c10-5-3-1-2-7-4(3)8-6(11)9-5;3-2(4,5)1(6)7/h1-2H2,(H3,7,8,9,10,11);(H,6,7). The zero-order chi connectivity index (χ0) is 13.9. The molecule has 0 aliphatic carbocycles. The van der Waals surface area contributed by atoms with Gasteiger partial charge >= 0.3 is 17.8 Å². The highest BCUT2D eigenvalue weighted by atomic mass is 19.4. The Balaban J connectivity index is 0.000000203. The van der Waals surface area contributed by atoms with Crippen molar-refractivity contribution in [1.82, 2.24) is 9.97 Å². The molecule has 1 aliphatic heterocycles. The molecule has 4 N–H and O–H groups in total. The molecule has 100 valence electrons. The molecule has 0 aromatic carbocycles. The van der Waals surface area contributed by atoms with Crippen LogP contribution in [0.3, 0.4) is 0 Å². The number of anilines is 1. The second kappa shape index (κ2) is 4.94. The lowest BCUT2D eigenvalue weighted by Crippen LogP contribution is -2.24. The normalized spacial score (nSPS) is 13.1. The van der Waals surface area contributed by atoms with Gasteiger partial charge < -0.3 is 10.4 Å². The van der Waals surface area contributed by atoms with E-state index in [9.17, 15) is 22.8 Å². The quantitative estimate of drug-likeness (QED) is 0.513. The van der Waals surface area contributed by atoms with Crippen LogP contribution >= 0.6 is 0 Å². The van der Waals surface area contributed by atoms with Crippen LogP contribution in [-0.4, -0.2) is 33.8 Å². The predicted octanol–water partition coefficient (Wildman–Crippen LogP) is -0.336. The molecule has 0 saturated carbocycles. The summed E-state index contributed by atoms with van der Waals surface area (Å²) in [5, 5.41) is 10.0. The Morgan fingerprint density at radius 3 is 2.28 bits per heavy atom. The second-order valence-electron chi connectivity index (χ2n) is 3.24. The topological polar surface area (TPSA) is 115 Å². The van der Waals surface area contributed by atoms with Gasteiger partial charge in [0.25, 0.3) is 5.56 Å². The lowest BCUT2D eigenvalue weighted by atomic mass is 10.3. The van der Waals surface area contributed by atoms with Gasteiger partial charge in [0.2, 0.25) is 0 Å². The van der Waals surface area contributed by atoms with Crippen molar-refractivity contribution >= 4 is 11.8 Å². The maximum atomic E-state index is 11.0. The van der Waals surface area contributed by atoms with Gasteiger partial charge in [0.1, 0.15) is 5.82 Å².